The highest BCUT2D eigenvalue weighted by molar-refractivity contribution is 5.91. The largest absolute Gasteiger partial charge is 0.487 e. The predicted molar refractivity (Wildman–Crippen MR) is 61.0 cm³/mol. The van der Waals surface area contributed by atoms with Crippen molar-refractivity contribution in [3.63, 3.8) is 0 Å². The van der Waals surface area contributed by atoms with Gasteiger partial charge in [-0.25, -0.2) is 4.63 Å². The molecule has 0 radical (unpaired) electrons. The second-order valence-corrected chi connectivity index (χ2v) is 3.62. The molecule has 2 aromatic heterocycles. The summed E-state index contributed by atoms with van der Waals surface area (Å²) < 4.78 is 9.88. The quantitative estimate of drug-likeness (QED) is 0.836. The number of pyridine rings is 1. The molecule has 0 aromatic carbocycles. The van der Waals surface area contributed by atoms with Crippen molar-refractivity contribution >= 4 is 5.91 Å². The maximum atomic E-state index is 11.5. The molecule has 2 rings (SSSR count). The van der Waals surface area contributed by atoms with Crippen molar-refractivity contribution in [2.45, 2.75) is 13.0 Å². The fraction of sp³-hybridized carbons (Fsp3) is 0.273. The summed E-state index contributed by atoms with van der Waals surface area (Å²) in [6.45, 7) is 2.19. The molecule has 0 bridgehead atoms. The number of amides is 1. The molecule has 2 heterocycles. The summed E-state index contributed by atoms with van der Waals surface area (Å²) >= 11 is 0. The van der Waals surface area contributed by atoms with E-state index in [1.165, 1.54) is 6.20 Å². The zero-order valence-electron chi connectivity index (χ0n) is 9.74. The number of rotatable bonds is 5. The number of hydrogen-bond donors (Lipinski definition) is 1. The number of aromatic nitrogens is 3. The summed E-state index contributed by atoms with van der Waals surface area (Å²) in [4.78, 5) is 15.5. The van der Waals surface area contributed by atoms with Gasteiger partial charge >= 0.3 is 0 Å². The number of carbonyl (C=O) groups is 1. The van der Waals surface area contributed by atoms with Crippen molar-refractivity contribution in [2.75, 3.05) is 6.54 Å². The zero-order valence-corrected chi connectivity index (χ0v) is 9.74. The molecule has 0 spiro atoms. The molecule has 1 N–H and O–H groups in total. The standard InChI is InChI=1S/C11H12N4O3/c1-8(17-9-3-2-4-12-6-9)5-13-11(16)10-7-14-18-15-10/h2-4,6-8H,5H2,1H3,(H,13,16). The number of carbonyl (C=O) groups excluding carboxylic acids is 1. The van der Waals surface area contributed by atoms with Gasteiger partial charge in [0.25, 0.3) is 5.91 Å². The van der Waals surface area contributed by atoms with Crippen molar-refractivity contribution < 1.29 is 14.2 Å². The zero-order chi connectivity index (χ0) is 12.8. The maximum Gasteiger partial charge on any atom is 0.275 e. The summed E-state index contributed by atoms with van der Waals surface area (Å²) in [6, 6.07) is 3.58. The Hall–Kier alpha value is -2.44. The molecule has 2 aromatic rings. The van der Waals surface area contributed by atoms with E-state index in [0.717, 1.165) is 0 Å². The van der Waals surface area contributed by atoms with Crippen LogP contribution in [-0.4, -0.2) is 33.9 Å². The van der Waals surface area contributed by atoms with Gasteiger partial charge in [-0.05, 0) is 24.2 Å². The Labute approximate surface area is 103 Å². The molecule has 0 saturated carbocycles. The third-order valence-electron chi connectivity index (χ3n) is 2.12. The topological polar surface area (TPSA) is 90.1 Å². The van der Waals surface area contributed by atoms with Crippen LogP contribution in [-0.2, 0) is 0 Å². The highest BCUT2D eigenvalue weighted by Crippen LogP contribution is 2.08. The van der Waals surface area contributed by atoms with Crippen LogP contribution < -0.4 is 10.1 Å². The Morgan fingerprint density at radius 1 is 1.56 bits per heavy atom. The average Bonchev–Trinajstić information content (AvgIpc) is 2.91. The number of nitrogens with one attached hydrogen (secondary N) is 1. The Balaban J connectivity index is 1.78. The first-order chi connectivity index (χ1) is 8.75. The predicted octanol–water partition coefficient (Wildman–Crippen LogP) is 0.662. The van der Waals surface area contributed by atoms with Gasteiger partial charge in [0.2, 0.25) is 0 Å². The Morgan fingerprint density at radius 3 is 3.11 bits per heavy atom. The lowest BCUT2D eigenvalue weighted by molar-refractivity contribution is 0.0922. The average molecular weight is 248 g/mol. The summed E-state index contributed by atoms with van der Waals surface area (Å²) in [7, 11) is 0. The van der Waals surface area contributed by atoms with Crippen LogP contribution in [0.3, 0.4) is 0 Å². The van der Waals surface area contributed by atoms with Crippen LogP contribution in [0.2, 0.25) is 0 Å². The van der Waals surface area contributed by atoms with Crippen molar-refractivity contribution in [3.8, 4) is 5.75 Å². The molecule has 18 heavy (non-hydrogen) atoms. The molecule has 1 atom stereocenters. The minimum absolute atomic E-state index is 0.142. The highest BCUT2D eigenvalue weighted by atomic mass is 16.6. The van der Waals surface area contributed by atoms with Crippen LogP contribution in [0.1, 0.15) is 17.4 Å². The Kier molecular flexibility index (Phi) is 3.85. The lowest BCUT2D eigenvalue weighted by atomic mass is 10.3. The first-order valence-corrected chi connectivity index (χ1v) is 5.38. The molecule has 7 heteroatoms. The van der Waals surface area contributed by atoms with E-state index in [1.54, 1.807) is 24.5 Å². The molecule has 0 saturated heterocycles. The van der Waals surface area contributed by atoms with Crippen molar-refractivity contribution in [2.24, 2.45) is 0 Å². The Bertz CT molecular complexity index is 486. The van der Waals surface area contributed by atoms with E-state index in [1.807, 2.05) is 6.92 Å². The van der Waals surface area contributed by atoms with E-state index in [-0.39, 0.29) is 17.7 Å². The lowest BCUT2D eigenvalue weighted by Gasteiger charge is -2.14. The molecule has 0 aliphatic rings. The van der Waals surface area contributed by atoms with Crippen molar-refractivity contribution in [1.82, 2.24) is 20.6 Å². The van der Waals surface area contributed by atoms with Crippen molar-refractivity contribution in [1.29, 1.82) is 0 Å². The van der Waals surface area contributed by atoms with Crippen LogP contribution in [0.5, 0.6) is 5.75 Å². The van der Waals surface area contributed by atoms with Crippen LogP contribution >= 0.6 is 0 Å². The monoisotopic (exact) mass is 248 g/mol. The Morgan fingerprint density at radius 2 is 2.44 bits per heavy atom. The summed E-state index contributed by atoms with van der Waals surface area (Å²) in [5.74, 6) is 0.306. The molecular formula is C11H12N4O3. The van der Waals surface area contributed by atoms with E-state index in [4.69, 9.17) is 4.74 Å². The van der Waals surface area contributed by atoms with Crippen LogP contribution in [0.15, 0.2) is 35.4 Å². The first kappa shape index (κ1) is 12.0. The van der Waals surface area contributed by atoms with Gasteiger partial charge in [-0.15, -0.1) is 0 Å². The minimum Gasteiger partial charge on any atom is -0.487 e. The van der Waals surface area contributed by atoms with Gasteiger partial charge in [0, 0.05) is 6.20 Å². The minimum atomic E-state index is -0.349. The van der Waals surface area contributed by atoms with Gasteiger partial charge in [0.15, 0.2) is 5.69 Å². The summed E-state index contributed by atoms with van der Waals surface area (Å²) in [5.41, 5.74) is 0.142. The molecule has 94 valence electrons. The van der Waals surface area contributed by atoms with E-state index in [2.05, 4.69) is 25.2 Å². The van der Waals surface area contributed by atoms with E-state index >= 15 is 0 Å². The van der Waals surface area contributed by atoms with Crippen LogP contribution in [0.25, 0.3) is 0 Å². The molecule has 7 nitrogen and oxygen atoms in total. The maximum absolute atomic E-state index is 11.5. The SMILES string of the molecule is CC(CNC(=O)c1cnon1)Oc1cccnc1. The highest BCUT2D eigenvalue weighted by Gasteiger charge is 2.11. The van der Waals surface area contributed by atoms with Gasteiger partial charge in [0.05, 0.1) is 12.7 Å². The number of ether oxygens (including phenoxy) is 1. The molecule has 1 unspecified atom stereocenters. The first-order valence-electron chi connectivity index (χ1n) is 5.38. The molecule has 1 amide bonds. The van der Waals surface area contributed by atoms with Gasteiger partial charge in [-0.2, -0.15) is 0 Å². The van der Waals surface area contributed by atoms with E-state index < -0.39 is 0 Å². The van der Waals surface area contributed by atoms with Crippen LogP contribution in [0.4, 0.5) is 0 Å². The smallest absolute Gasteiger partial charge is 0.275 e. The number of hydrogen-bond acceptors (Lipinski definition) is 6. The fourth-order valence-corrected chi connectivity index (χ4v) is 1.28. The third kappa shape index (κ3) is 3.27. The second-order valence-electron chi connectivity index (χ2n) is 3.62. The van der Waals surface area contributed by atoms with Gasteiger partial charge < -0.3 is 10.1 Å². The molecule has 0 aliphatic carbocycles. The summed E-state index contributed by atoms with van der Waals surface area (Å²) in [6.07, 6.45) is 4.34. The second kappa shape index (κ2) is 5.76. The lowest BCUT2D eigenvalue weighted by Crippen LogP contribution is -2.33. The normalized spacial score (nSPS) is 11.8. The molecular weight excluding hydrogens is 236 g/mol. The van der Waals surface area contributed by atoms with Crippen molar-refractivity contribution in [3.05, 3.63) is 36.4 Å². The molecule has 0 aliphatic heterocycles. The third-order valence-corrected chi connectivity index (χ3v) is 2.12. The molecule has 0 fully saturated rings. The fourth-order valence-electron chi connectivity index (χ4n) is 1.28. The summed E-state index contributed by atoms with van der Waals surface area (Å²) in [5, 5.41) is 9.44. The number of nitrogens with zero attached hydrogens (tertiary/aromatic N) is 3. The van der Waals surface area contributed by atoms with Gasteiger partial charge in [-0.3, -0.25) is 9.78 Å². The van der Waals surface area contributed by atoms with E-state index in [9.17, 15) is 4.79 Å². The van der Waals surface area contributed by atoms with Crippen LogP contribution in [0, 0.1) is 0 Å². The van der Waals surface area contributed by atoms with Gasteiger partial charge in [0.1, 0.15) is 18.1 Å². The van der Waals surface area contributed by atoms with E-state index in [0.29, 0.717) is 12.3 Å². The van der Waals surface area contributed by atoms with Gasteiger partial charge in [-0.1, -0.05) is 5.16 Å².